The molecule has 2 rings (SSSR count). The fraction of sp³-hybridized carbons (Fsp3) is 0.562. The normalized spacial score (nSPS) is 22.0. The number of likely N-dealkylation sites (tertiary alicyclic amines) is 1. The maximum absolute atomic E-state index is 13.7. The number of nitrogens with one attached hydrogen (secondary N) is 1. The second-order valence-corrected chi connectivity index (χ2v) is 6.63. The Kier molecular flexibility index (Phi) is 4.64. The molecule has 21 heavy (non-hydrogen) atoms. The molecule has 0 aliphatic carbocycles. The summed E-state index contributed by atoms with van der Waals surface area (Å²) in [6.07, 6.45) is 0.874. The molecule has 1 aromatic carbocycles. The summed E-state index contributed by atoms with van der Waals surface area (Å²) in [7, 11) is 0. The number of nitrogens with zero attached hydrogens (tertiary/aromatic N) is 1. The van der Waals surface area contributed by atoms with Gasteiger partial charge in [-0.15, -0.1) is 0 Å². The Balaban J connectivity index is 1.93. The number of hydrogen-bond donors (Lipinski definition) is 2. The highest BCUT2D eigenvalue weighted by Gasteiger charge is 2.33. The molecule has 1 amide bonds. The fourth-order valence-corrected chi connectivity index (χ4v) is 2.73. The zero-order valence-corrected chi connectivity index (χ0v) is 12.9. The molecule has 4 nitrogen and oxygen atoms in total. The van der Waals surface area contributed by atoms with Crippen LogP contribution in [0, 0.1) is 18.2 Å². The molecule has 0 radical (unpaired) electrons. The Morgan fingerprint density at radius 2 is 2.24 bits per heavy atom. The first kappa shape index (κ1) is 15.9. The van der Waals surface area contributed by atoms with Gasteiger partial charge in [-0.1, -0.05) is 19.9 Å². The van der Waals surface area contributed by atoms with Gasteiger partial charge in [-0.2, -0.15) is 0 Å². The van der Waals surface area contributed by atoms with Crippen LogP contribution in [0.1, 0.15) is 25.8 Å². The number of anilines is 1. The van der Waals surface area contributed by atoms with E-state index >= 15 is 0 Å². The number of piperidine rings is 1. The average Bonchev–Trinajstić information content (AvgIpc) is 2.37. The minimum atomic E-state index is -0.399. The molecular weight excluding hydrogens is 269 g/mol. The van der Waals surface area contributed by atoms with Crippen molar-refractivity contribution in [3.63, 3.8) is 0 Å². The van der Waals surface area contributed by atoms with Crippen LogP contribution in [-0.2, 0) is 4.79 Å². The Hall–Kier alpha value is -1.46. The molecule has 0 saturated carbocycles. The van der Waals surface area contributed by atoms with Crippen molar-refractivity contribution in [1.82, 2.24) is 4.90 Å². The first-order valence-electron chi connectivity index (χ1n) is 7.32. The van der Waals surface area contributed by atoms with Gasteiger partial charge in [-0.3, -0.25) is 9.69 Å². The number of amides is 1. The number of carbonyl (C=O) groups excluding carboxylic acids is 1. The third kappa shape index (κ3) is 4.02. The van der Waals surface area contributed by atoms with E-state index in [1.54, 1.807) is 12.1 Å². The van der Waals surface area contributed by atoms with Gasteiger partial charge >= 0.3 is 0 Å². The largest absolute Gasteiger partial charge is 0.327 e. The van der Waals surface area contributed by atoms with Crippen LogP contribution in [0.5, 0.6) is 0 Å². The first-order valence-corrected chi connectivity index (χ1v) is 7.32. The lowest BCUT2D eigenvalue weighted by atomic mass is 9.80. The quantitative estimate of drug-likeness (QED) is 0.897. The summed E-state index contributed by atoms with van der Waals surface area (Å²) in [5.41, 5.74) is 7.15. The third-order valence-corrected chi connectivity index (χ3v) is 4.16. The Morgan fingerprint density at radius 1 is 1.52 bits per heavy atom. The maximum atomic E-state index is 13.7. The molecule has 1 aromatic rings. The Bertz CT molecular complexity index is 530. The number of aryl methyl sites for hydroxylation is 1. The van der Waals surface area contributed by atoms with E-state index in [0.29, 0.717) is 0 Å². The summed E-state index contributed by atoms with van der Waals surface area (Å²) in [4.78, 5) is 14.1. The summed E-state index contributed by atoms with van der Waals surface area (Å²) < 4.78 is 13.7. The van der Waals surface area contributed by atoms with Crippen LogP contribution in [0.25, 0.3) is 0 Å². The molecule has 0 spiro atoms. The number of rotatable bonds is 3. The van der Waals surface area contributed by atoms with Crippen molar-refractivity contribution in [3.05, 3.63) is 29.6 Å². The smallest absolute Gasteiger partial charge is 0.238 e. The molecule has 1 fully saturated rings. The van der Waals surface area contributed by atoms with Crippen LogP contribution in [-0.4, -0.2) is 36.5 Å². The molecule has 1 unspecified atom stereocenters. The third-order valence-electron chi connectivity index (χ3n) is 4.16. The van der Waals surface area contributed by atoms with Crippen LogP contribution in [0.3, 0.4) is 0 Å². The van der Waals surface area contributed by atoms with E-state index in [0.717, 1.165) is 25.1 Å². The lowest BCUT2D eigenvalue weighted by Crippen LogP contribution is -2.53. The highest BCUT2D eigenvalue weighted by molar-refractivity contribution is 5.92. The molecule has 5 heteroatoms. The number of hydrogen-bond acceptors (Lipinski definition) is 3. The van der Waals surface area contributed by atoms with Crippen LogP contribution in [0.15, 0.2) is 18.2 Å². The van der Waals surface area contributed by atoms with Crippen LogP contribution < -0.4 is 11.1 Å². The highest BCUT2D eigenvalue weighted by Crippen LogP contribution is 2.27. The molecule has 1 saturated heterocycles. The molecular formula is C16H24FN3O. The SMILES string of the molecule is Cc1ccc(NC(=O)CN2CCC(N)C(C)(C)C2)c(F)c1. The van der Waals surface area contributed by atoms with E-state index < -0.39 is 5.82 Å². The van der Waals surface area contributed by atoms with Crippen molar-refractivity contribution in [2.24, 2.45) is 11.1 Å². The van der Waals surface area contributed by atoms with Crippen LogP contribution in [0.4, 0.5) is 10.1 Å². The first-order chi connectivity index (χ1) is 9.78. The van der Waals surface area contributed by atoms with Crippen molar-refractivity contribution in [2.45, 2.75) is 33.2 Å². The van der Waals surface area contributed by atoms with E-state index in [4.69, 9.17) is 5.73 Å². The van der Waals surface area contributed by atoms with E-state index in [-0.39, 0.29) is 29.6 Å². The second kappa shape index (κ2) is 6.12. The van der Waals surface area contributed by atoms with Gasteiger partial charge in [0.2, 0.25) is 5.91 Å². The number of benzene rings is 1. The van der Waals surface area contributed by atoms with E-state index in [9.17, 15) is 9.18 Å². The monoisotopic (exact) mass is 293 g/mol. The summed E-state index contributed by atoms with van der Waals surface area (Å²) in [5.74, 6) is -0.589. The zero-order chi connectivity index (χ0) is 15.6. The summed E-state index contributed by atoms with van der Waals surface area (Å²) in [5, 5.41) is 2.64. The topological polar surface area (TPSA) is 58.4 Å². The van der Waals surface area contributed by atoms with Crippen molar-refractivity contribution in [3.8, 4) is 0 Å². The molecule has 116 valence electrons. The van der Waals surface area contributed by atoms with Gasteiger partial charge in [0.15, 0.2) is 0 Å². The second-order valence-electron chi connectivity index (χ2n) is 6.63. The number of carbonyl (C=O) groups is 1. The molecule has 1 aliphatic heterocycles. The maximum Gasteiger partial charge on any atom is 0.238 e. The molecule has 3 N–H and O–H groups in total. The van der Waals surface area contributed by atoms with Crippen molar-refractivity contribution in [1.29, 1.82) is 0 Å². The van der Waals surface area contributed by atoms with Gasteiger partial charge in [0, 0.05) is 19.1 Å². The number of halogens is 1. The summed E-state index contributed by atoms with van der Waals surface area (Å²) >= 11 is 0. The molecule has 0 aromatic heterocycles. The zero-order valence-electron chi connectivity index (χ0n) is 12.9. The van der Waals surface area contributed by atoms with Crippen LogP contribution >= 0.6 is 0 Å². The van der Waals surface area contributed by atoms with Crippen molar-refractivity contribution < 1.29 is 9.18 Å². The molecule has 1 heterocycles. The van der Waals surface area contributed by atoms with E-state index in [1.165, 1.54) is 6.07 Å². The Labute approximate surface area is 125 Å². The summed E-state index contributed by atoms with van der Waals surface area (Å²) in [6, 6.07) is 4.95. The minimum absolute atomic E-state index is 0.00631. The predicted octanol–water partition coefficient (Wildman–Crippen LogP) is 2.13. The summed E-state index contributed by atoms with van der Waals surface area (Å²) in [6.45, 7) is 7.88. The highest BCUT2D eigenvalue weighted by atomic mass is 19.1. The average molecular weight is 293 g/mol. The van der Waals surface area contributed by atoms with Crippen LogP contribution in [0.2, 0.25) is 0 Å². The van der Waals surface area contributed by atoms with Crippen molar-refractivity contribution >= 4 is 11.6 Å². The molecule has 1 aliphatic rings. The Morgan fingerprint density at radius 3 is 2.86 bits per heavy atom. The fourth-order valence-electron chi connectivity index (χ4n) is 2.73. The van der Waals surface area contributed by atoms with Gasteiger partial charge in [0.25, 0.3) is 0 Å². The number of nitrogens with two attached hydrogens (primary N) is 1. The molecule has 0 bridgehead atoms. The van der Waals surface area contributed by atoms with Gasteiger partial charge in [0.1, 0.15) is 5.82 Å². The molecule has 1 atom stereocenters. The lowest BCUT2D eigenvalue weighted by molar-refractivity contribution is -0.118. The van der Waals surface area contributed by atoms with E-state index in [2.05, 4.69) is 24.1 Å². The van der Waals surface area contributed by atoms with Crippen molar-refractivity contribution in [2.75, 3.05) is 25.0 Å². The van der Waals surface area contributed by atoms with Gasteiger partial charge in [0.05, 0.1) is 12.2 Å². The lowest BCUT2D eigenvalue weighted by Gasteiger charge is -2.42. The standard InChI is InChI=1S/C16H24FN3O/c1-11-4-5-13(12(17)8-11)19-15(21)9-20-7-6-14(18)16(2,3)10-20/h4-5,8,14H,6-7,9-10,18H2,1-3H3,(H,19,21). The van der Waals surface area contributed by atoms with Gasteiger partial charge < -0.3 is 11.1 Å². The minimum Gasteiger partial charge on any atom is -0.327 e. The predicted molar refractivity (Wildman–Crippen MR) is 82.6 cm³/mol. The van der Waals surface area contributed by atoms with Gasteiger partial charge in [-0.05, 0) is 36.5 Å². The van der Waals surface area contributed by atoms with E-state index in [1.807, 2.05) is 6.92 Å². The van der Waals surface area contributed by atoms with Gasteiger partial charge in [-0.25, -0.2) is 4.39 Å².